The molecular formula is C18H25ClN3O-. The lowest BCUT2D eigenvalue weighted by Gasteiger charge is -2.28. The third-order valence-corrected chi connectivity index (χ3v) is 5.17. The van der Waals surface area contributed by atoms with E-state index >= 15 is 0 Å². The summed E-state index contributed by atoms with van der Waals surface area (Å²) in [5, 5.41) is 1.41. The molecule has 0 bridgehead atoms. The van der Waals surface area contributed by atoms with Crippen molar-refractivity contribution < 1.29 is 17.1 Å². The van der Waals surface area contributed by atoms with Crippen LogP contribution in [0.15, 0.2) is 30.5 Å². The molecule has 1 N–H and O–H groups in total. The van der Waals surface area contributed by atoms with E-state index < -0.39 is 0 Å². The number of rotatable bonds is 4. The van der Waals surface area contributed by atoms with Gasteiger partial charge in [0.25, 0.3) is 0 Å². The SMILES string of the molecule is [Cl-].c1ccc2c(C3CCN(CCN4CCOCC4)C3)c[nH]c2c1. The molecule has 0 saturated carbocycles. The van der Waals surface area contributed by atoms with Crippen LogP contribution >= 0.6 is 0 Å². The Bertz CT molecular complexity index is 624. The van der Waals surface area contributed by atoms with Gasteiger partial charge in [0.05, 0.1) is 13.2 Å². The van der Waals surface area contributed by atoms with Crippen LogP contribution < -0.4 is 12.4 Å². The molecule has 1 unspecified atom stereocenters. The fraction of sp³-hybridized carbons (Fsp3) is 0.556. The molecule has 0 aliphatic carbocycles. The minimum Gasteiger partial charge on any atom is -1.00 e. The number of hydrogen-bond donors (Lipinski definition) is 1. The number of aromatic nitrogens is 1. The molecule has 1 atom stereocenters. The summed E-state index contributed by atoms with van der Waals surface area (Å²) >= 11 is 0. The highest BCUT2D eigenvalue weighted by Crippen LogP contribution is 2.32. The number of aromatic amines is 1. The number of H-pyrrole nitrogens is 1. The molecule has 126 valence electrons. The fourth-order valence-corrected chi connectivity index (χ4v) is 3.83. The molecular weight excluding hydrogens is 310 g/mol. The molecule has 2 saturated heterocycles. The van der Waals surface area contributed by atoms with Gasteiger partial charge in [0.15, 0.2) is 0 Å². The number of nitrogens with one attached hydrogen (secondary N) is 1. The number of ether oxygens (including phenoxy) is 1. The van der Waals surface area contributed by atoms with E-state index in [1.807, 2.05) is 0 Å². The predicted octanol–water partition coefficient (Wildman–Crippen LogP) is -0.707. The molecule has 2 aliphatic heterocycles. The Morgan fingerprint density at radius 2 is 1.83 bits per heavy atom. The van der Waals surface area contributed by atoms with Crippen molar-refractivity contribution in [2.24, 2.45) is 0 Å². The second kappa shape index (κ2) is 7.67. The van der Waals surface area contributed by atoms with Crippen LogP contribution in [-0.2, 0) is 4.74 Å². The summed E-state index contributed by atoms with van der Waals surface area (Å²) in [7, 11) is 0. The zero-order valence-electron chi connectivity index (χ0n) is 13.5. The van der Waals surface area contributed by atoms with Crippen molar-refractivity contribution in [2.45, 2.75) is 12.3 Å². The zero-order valence-corrected chi connectivity index (χ0v) is 14.3. The van der Waals surface area contributed by atoms with Crippen molar-refractivity contribution in [3.05, 3.63) is 36.0 Å². The Balaban J connectivity index is 0.00000156. The van der Waals surface area contributed by atoms with Crippen LogP contribution in [0.2, 0.25) is 0 Å². The van der Waals surface area contributed by atoms with E-state index in [1.165, 1.54) is 49.1 Å². The lowest BCUT2D eigenvalue weighted by atomic mass is 9.98. The first kappa shape index (κ1) is 16.8. The fourth-order valence-electron chi connectivity index (χ4n) is 3.83. The van der Waals surface area contributed by atoms with E-state index in [0.717, 1.165) is 26.3 Å². The average Bonchev–Trinajstić information content (AvgIpc) is 3.20. The van der Waals surface area contributed by atoms with Gasteiger partial charge >= 0.3 is 0 Å². The molecule has 4 nitrogen and oxygen atoms in total. The minimum absolute atomic E-state index is 0. The van der Waals surface area contributed by atoms with Crippen molar-refractivity contribution in [3.63, 3.8) is 0 Å². The number of nitrogens with zero attached hydrogens (tertiary/aromatic N) is 2. The maximum atomic E-state index is 5.42. The third kappa shape index (κ3) is 3.72. The molecule has 1 aromatic heterocycles. The average molecular weight is 335 g/mol. The zero-order chi connectivity index (χ0) is 14.8. The van der Waals surface area contributed by atoms with Crippen LogP contribution in [0.5, 0.6) is 0 Å². The van der Waals surface area contributed by atoms with E-state index in [0.29, 0.717) is 5.92 Å². The Kier molecular flexibility index (Phi) is 5.59. The van der Waals surface area contributed by atoms with Gasteiger partial charge in [-0.15, -0.1) is 0 Å². The lowest BCUT2D eigenvalue weighted by Crippen LogP contribution is -3.00. The largest absolute Gasteiger partial charge is 1.00 e. The highest BCUT2D eigenvalue weighted by molar-refractivity contribution is 5.83. The molecule has 0 amide bonds. The van der Waals surface area contributed by atoms with Gasteiger partial charge in [-0.05, 0) is 30.5 Å². The molecule has 2 aliphatic rings. The molecule has 2 fully saturated rings. The van der Waals surface area contributed by atoms with Gasteiger partial charge in [-0.25, -0.2) is 0 Å². The van der Waals surface area contributed by atoms with Crippen molar-refractivity contribution in [3.8, 4) is 0 Å². The van der Waals surface area contributed by atoms with E-state index in [1.54, 1.807) is 0 Å². The van der Waals surface area contributed by atoms with Gasteiger partial charge in [0.2, 0.25) is 0 Å². The van der Waals surface area contributed by atoms with Gasteiger partial charge < -0.3 is 27.0 Å². The molecule has 4 rings (SSSR count). The molecule has 5 heteroatoms. The predicted molar refractivity (Wildman–Crippen MR) is 89.4 cm³/mol. The van der Waals surface area contributed by atoms with Crippen LogP contribution in [0.3, 0.4) is 0 Å². The van der Waals surface area contributed by atoms with E-state index in [9.17, 15) is 0 Å². The van der Waals surface area contributed by atoms with Crippen molar-refractivity contribution in [1.82, 2.24) is 14.8 Å². The number of hydrogen-bond acceptors (Lipinski definition) is 3. The normalized spacial score (nSPS) is 23.2. The Morgan fingerprint density at radius 3 is 2.70 bits per heavy atom. The Morgan fingerprint density at radius 1 is 1.04 bits per heavy atom. The van der Waals surface area contributed by atoms with E-state index in [4.69, 9.17) is 4.74 Å². The Hall–Kier alpha value is -1.07. The Labute approximate surface area is 144 Å². The summed E-state index contributed by atoms with van der Waals surface area (Å²) in [6, 6.07) is 8.66. The first-order chi connectivity index (χ1) is 10.9. The van der Waals surface area contributed by atoms with Crippen LogP contribution in [0.4, 0.5) is 0 Å². The van der Waals surface area contributed by atoms with E-state index in [2.05, 4.69) is 45.2 Å². The number of benzene rings is 1. The molecule has 2 aromatic rings. The topological polar surface area (TPSA) is 31.5 Å². The molecule has 0 radical (unpaired) electrons. The lowest BCUT2D eigenvalue weighted by molar-refractivity contribution is -0.00000611. The highest BCUT2D eigenvalue weighted by Gasteiger charge is 2.26. The summed E-state index contributed by atoms with van der Waals surface area (Å²) in [5.41, 5.74) is 2.77. The standard InChI is InChI=1S/C18H25N3O.ClH/c1-2-4-18-16(3-1)17(13-19-18)15-5-6-21(14-15)8-7-20-9-11-22-12-10-20;/h1-4,13,15,19H,5-12,14H2;1H/p-1. The van der Waals surface area contributed by atoms with Crippen molar-refractivity contribution >= 4 is 10.9 Å². The third-order valence-electron chi connectivity index (χ3n) is 5.17. The summed E-state index contributed by atoms with van der Waals surface area (Å²) in [6.07, 6.45) is 3.51. The van der Waals surface area contributed by atoms with E-state index in [-0.39, 0.29) is 12.4 Å². The number of likely N-dealkylation sites (tertiary alicyclic amines) is 1. The second-order valence-corrected chi connectivity index (χ2v) is 6.53. The van der Waals surface area contributed by atoms with Crippen molar-refractivity contribution in [2.75, 3.05) is 52.5 Å². The number of halogens is 1. The molecule has 0 spiro atoms. The van der Waals surface area contributed by atoms with Gasteiger partial charge in [0, 0.05) is 49.8 Å². The summed E-state index contributed by atoms with van der Waals surface area (Å²) < 4.78 is 5.42. The monoisotopic (exact) mass is 334 g/mol. The molecule has 1 aromatic carbocycles. The van der Waals surface area contributed by atoms with Gasteiger partial charge in [-0.1, -0.05) is 18.2 Å². The summed E-state index contributed by atoms with van der Waals surface area (Å²) in [5.74, 6) is 0.681. The first-order valence-corrected chi connectivity index (χ1v) is 8.48. The maximum Gasteiger partial charge on any atom is 0.0594 e. The number of morpholine rings is 1. The smallest absolute Gasteiger partial charge is 0.0594 e. The minimum atomic E-state index is 0. The summed E-state index contributed by atoms with van der Waals surface area (Å²) in [6.45, 7) is 8.80. The number of para-hydroxylation sites is 1. The molecule has 23 heavy (non-hydrogen) atoms. The number of fused-ring (bicyclic) bond motifs is 1. The van der Waals surface area contributed by atoms with Crippen LogP contribution in [0.25, 0.3) is 10.9 Å². The van der Waals surface area contributed by atoms with Crippen LogP contribution in [-0.4, -0.2) is 67.3 Å². The van der Waals surface area contributed by atoms with Crippen LogP contribution in [0.1, 0.15) is 17.9 Å². The second-order valence-electron chi connectivity index (χ2n) is 6.53. The quantitative estimate of drug-likeness (QED) is 0.802. The highest BCUT2D eigenvalue weighted by atomic mass is 35.5. The van der Waals surface area contributed by atoms with Gasteiger partial charge in [-0.2, -0.15) is 0 Å². The summed E-state index contributed by atoms with van der Waals surface area (Å²) in [4.78, 5) is 8.58. The maximum absolute atomic E-state index is 5.42. The van der Waals surface area contributed by atoms with Gasteiger partial charge in [0.1, 0.15) is 0 Å². The van der Waals surface area contributed by atoms with Crippen molar-refractivity contribution in [1.29, 1.82) is 0 Å². The van der Waals surface area contributed by atoms with Gasteiger partial charge in [-0.3, -0.25) is 4.90 Å². The first-order valence-electron chi connectivity index (χ1n) is 8.48. The van der Waals surface area contributed by atoms with Crippen LogP contribution in [0, 0.1) is 0 Å². The molecule has 3 heterocycles.